The number of benzene rings is 10. The molecule has 300 valence electrons. The number of rotatable bonds is 6. The molecule has 3 heterocycles. The zero-order chi connectivity index (χ0) is 42.1. The highest BCUT2D eigenvalue weighted by Gasteiger charge is 2.26. The molecule has 0 saturated carbocycles. The molecule has 0 spiro atoms. The van der Waals surface area contributed by atoms with Crippen LogP contribution in [0.15, 0.2) is 233 Å². The van der Waals surface area contributed by atoms with Crippen molar-refractivity contribution in [3.8, 4) is 27.9 Å². The highest BCUT2D eigenvalue weighted by atomic mass is 16.3. The van der Waals surface area contributed by atoms with Crippen molar-refractivity contribution in [3.63, 3.8) is 0 Å². The lowest BCUT2D eigenvalue weighted by Crippen LogP contribution is -2.34. The summed E-state index contributed by atoms with van der Waals surface area (Å²) in [5.41, 5.74) is 12.3. The number of hydrogen-bond donors (Lipinski definition) is 1. The molecule has 0 bridgehead atoms. The molecule has 0 fully saturated rings. The number of nitrogens with one attached hydrogen (secondary N) is 1. The van der Waals surface area contributed by atoms with E-state index in [2.05, 4.69) is 222 Å². The Morgan fingerprint density at radius 3 is 1.97 bits per heavy atom. The minimum absolute atomic E-state index is 0.386. The van der Waals surface area contributed by atoms with E-state index in [4.69, 9.17) is 14.4 Å². The molecule has 5 heteroatoms. The monoisotopic (exact) mass is 818 g/mol. The number of furan rings is 1. The van der Waals surface area contributed by atoms with Crippen molar-refractivity contribution in [3.05, 3.63) is 235 Å². The molecule has 1 unspecified atom stereocenters. The fraction of sp³-hybridized carbons (Fsp3) is 0.0169. The van der Waals surface area contributed by atoms with Gasteiger partial charge in [0.05, 0.1) is 11.0 Å². The van der Waals surface area contributed by atoms with Crippen LogP contribution in [-0.4, -0.2) is 16.2 Å². The van der Waals surface area contributed by atoms with Crippen molar-refractivity contribution < 1.29 is 4.42 Å². The van der Waals surface area contributed by atoms with Crippen LogP contribution in [0.1, 0.15) is 22.9 Å². The van der Waals surface area contributed by atoms with Gasteiger partial charge in [-0.2, -0.15) is 0 Å². The molecule has 64 heavy (non-hydrogen) atoms. The van der Waals surface area contributed by atoms with E-state index in [0.29, 0.717) is 5.84 Å². The van der Waals surface area contributed by atoms with E-state index in [1.165, 1.54) is 21.5 Å². The molecular formula is C59H38N4O. The quantitative estimate of drug-likeness (QED) is 0.182. The summed E-state index contributed by atoms with van der Waals surface area (Å²) in [6.45, 7) is 0. The van der Waals surface area contributed by atoms with Gasteiger partial charge in [0.1, 0.15) is 23.2 Å². The van der Waals surface area contributed by atoms with E-state index in [1.54, 1.807) is 0 Å². The molecule has 1 N–H and O–H groups in total. The van der Waals surface area contributed by atoms with Crippen molar-refractivity contribution in [1.82, 2.24) is 9.88 Å². The molecule has 1 aliphatic rings. The summed E-state index contributed by atoms with van der Waals surface area (Å²) in [4.78, 5) is 11.0. The zero-order valence-electron chi connectivity index (χ0n) is 34.6. The normalized spacial score (nSPS) is 14.1. The molecule has 0 saturated heterocycles. The molecule has 2 aromatic heterocycles. The second kappa shape index (κ2) is 14.5. The summed E-state index contributed by atoms with van der Waals surface area (Å²) in [6.07, 6.45) is -0.386. The largest absolute Gasteiger partial charge is 0.455 e. The lowest BCUT2D eigenvalue weighted by Gasteiger charge is -2.26. The van der Waals surface area contributed by atoms with Crippen molar-refractivity contribution in [1.29, 1.82) is 0 Å². The summed E-state index contributed by atoms with van der Waals surface area (Å²) in [6, 6.07) is 77.5. The molecular weight excluding hydrogens is 781 g/mol. The molecule has 10 aromatic carbocycles. The molecule has 12 aromatic rings. The maximum absolute atomic E-state index is 6.80. The Morgan fingerprint density at radius 1 is 0.438 bits per heavy atom. The first-order valence-corrected chi connectivity index (χ1v) is 21.8. The van der Waals surface area contributed by atoms with E-state index in [1.807, 2.05) is 6.07 Å². The summed E-state index contributed by atoms with van der Waals surface area (Å²) >= 11 is 0. The number of fused-ring (bicyclic) bond motifs is 9. The average molecular weight is 819 g/mol. The van der Waals surface area contributed by atoms with Crippen molar-refractivity contribution in [2.45, 2.75) is 6.17 Å². The first kappa shape index (κ1) is 36.1. The fourth-order valence-electron chi connectivity index (χ4n) is 9.87. The highest BCUT2D eigenvalue weighted by Crippen LogP contribution is 2.43. The second-order valence-corrected chi connectivity index (χ2v) is 16.5. The van der Waals surface area contributed by atoms with Crippen LogP contribution in [-0.2, 0) is 0 Å². The van der Waals surface area contributed by atoms with Crippen molar-refractivity contribution in [2.24, 2.45) is 9.98 Å². The predicted molar refractivity (Wildman–Crippen MR) is 266 cm³/mol. The van der Waals surface area contributed by atoms with Gasteiger partial charge in [-0.3, -0.25) is 0 Å². The Labute approximate surface area is 368 Å². The third-order valence-corrected chi connectivity index (χ3v) is 12.8. The number of nitrogens with zero attached hydrogens (tertiary/aromatic N) is 3. The molecule has 0 radical (unpaired) electrons. The van der Waals surface area contributed by atoms with Gasteiger partial charge in [-0.1, -0.05) is 170 Å². The Balaban J connectivity index is 1.10. The first-order valence-electron chi connectivity index (χ1n) is 21.8. The third-order valence-electron chi connectivity index (χ3n) is 12.8. The Hall–Kier alpha value is -8.54. The fourth-order valence-corrected chi connectivity index (χ4v) is 9.87. The average Bonchev–Trinajstić information content (AvgIpc) is 3.92. The van der Waals surface area contributed by atoms with Crippen LogP contribution in [0.25, 0.3) is 93.2 Å². The number of amidine groups is 2. The zero-order valence-corrected chi connectivity index (χ0v) is 34.6. The van der Waals surface area contributed by atoms with Crippen LogP contribution in [0, 0.1) is 0 Å². The topological polar surface area (TPSA) is 54.8 Å². The highest BCUT2D eigenvalue weighted by molar-refractivity contribution is 6.22. The Kier molecular flexibility index (Phi) is 8.21. The lowest BCUT2D eigenvalue weighted by atomic mass is 9.93. The van der Waals surface area contributed by atoms with Gasteiger partial charge in [0.15, 0.2) is 5.84 Å². The molecule has 1 aliphatic heterocycles. The molecule has 1 atom stereocenters. The van der Waals surface area contributed by atoms with Gasteiger partial charge >= 0.3 is 0 Å². The third kappa shape index (κ3) is 5.79. The molecule has 0 amide bonds. The van der Waals surface area contributed by atoms with Gasteiger partial charge in [-0.15, -0.1) is 0 Å². The number of hydrogen-bond acceptors (Lipinski definition) is 4. The van der Waals surface area contributed by atoms with E-state index < -0.39 is 0 Å². The van der Waals surface area contributed by atoms with Crippen LogP contribution in [0.3, 0.4) is 0 Å². The van der Waals surface area contributed by atoms with Gasteiger partial charge in [-0.05, 0) is 92.5 Å². The van der Waals surface area contributed by atoms with Crippen LogP contribution in [0.5, 0.6) is 0 Å². The van der Waals surface area contributed by atoms with Crippen molar-refractivity contribution >= 4 is 77.0 Å². The van der Waals surface area contributed by atoms with Gasteiger partial charge in [-0.25, -0.2) is 9.98 Å². The van der Waals surface area contributed by atoms with E-state index in [-0.39, 0.29) is 6.17 Å². The maximum Gasteiger partial charge on any atom is 0.160 e. The van der Waals surface area contributed by atoms with Crippen molar-refractivity contribution in [2.75, 3.05) is 0 Å². The number of aromatic nitrogens is 1. The van der Waals surface area contributed by atoms with Crippen LogP contribution in [0.2, 0.25) is 0 Å². The van der Waals surface area contributed by atoms with Crippen LogP contribution >= 0.6 is 0 Å². The van der Waals surface area contributed by atoms with Gasteiger partial charge < -0.3 is 14.3 Å². The standard InChI is InChI=1S/C59H38N4O/c1-3-16-37(17-4-1)43-23-11-12-26-47(43)58-60-57(39-19-5-2-6-20-39)61-59(62-58)48-33-31-42(63-52-28-14-13-25-45(52)51-34-40-21-7-8-22-41(40)35-53(51)63)36-50(48)46-27-15-29-54-55(46)49-32-30-38-18-9-10-24-44(38)56(49)64-54/h1-36,57H,(H,60,61,62). The first-order chi connectivity index (χ1) is 31.7. The number of aliphatic imine (C=N–C) groups is 2. The predicted octanol–water partition coefficient (Wildman–Crippen LogP) is 14.8. The summed E-state index contributed by atoms with van der Waals surface area (Å²) in [5.74, 6) is 1.41. The molecule has 5 nitrogen and oxygen atoms in total. The summed E-state index contributed by atoms with van der Waals surface area (Å²) < 4.78 is 9.21. The second-order valence-electron chi connectivity index (χ2n) is 16.5. The molecule has 0 aliphatic carbocycles. The van der Waals surface area contributed by atoms with E-state index >= 15 is 0 Å². The smallest absolute Gasteiger partial charge is 0.160 e. The lowest BCUT2D eigenvalue weighted by molar-refractivity contribution is 0.672. The SMILES string of the molecule is c1ccc(-c2ccccc2C2=NC(c3ccc(-n4c5ccccc5c5cc6ccccc6cc54)cc3-c3cccc4oc5c6ccccc6ccc5c34)=NC(c3ccccc3)N2)cc1. The minimum atomic E-state index is -0.386. The van der Waals surface area contributed by atoms with Crippen LogP contribution in [0.4, 0.5) is 0 Å². The van der Waals surface area contributed by atoms with E-state index in [9.17, 15) is 0 Å². The summed E-state index contributed by atoms with van der Waals surface area (Å²) in [7, 11) is 0. The van der Waals surface area contributed by atoms with Gasteiger partial charge in [0.25, 0.3) is 0 Å². The van der Waals surface area contributed by atoms with Gasteiger partial charge in [0, 0.05) is 43.7 Å². The number of para-hydroxylation sites is 1. The van der Waals surface area contributed by atoms with Crippen LogP contribution < -0.4 is 5.32 Å². The maximum atomic E-state index is 6.80. The van der Waals surface area contributed by atoms with E-state index in [0.717, 1.165) is 94.2 Å². The minimum Gasteiger partial charge on any atom is -0.455 e. The Bertz CT molecular complexity index is 3880. The summed E-state index contributed by atoms with van der Waals surface area (Å²) in [5, 5.41) is 13.0. The Morgan fingerprint density at radius 2 is 1.12 bits per heavy atom. The molecule has 13 rings (SSSR count). The van der Waals surface area contributed by atoms with Gasteiger partial charge in [0.2, 0.25) is 0 Å².